The molecular weight excluding hydrogens is 306 g/mol. The van der Waals surface area contributed by atoms with Gasteiger partial charge in [-0.05, 0) is 26.8 Å². The van der Waals surface area contributed by atoms with Crippen LogP contribution in [0.1, 0.15) is 19.8 Å². The van der Waals surface area contributed by atoms with Crippen LogP contribution in [0.4, 0.5) is 5.82 Å². The summed E-state index contributed by atoms with van der Waals surface area (Å²) in [6.07, 6.45) is 7.41. The third-order valence-corrected chi connectivity index (χ3v) is 4.93. The van der Waals surface area contributed by atoms with Crippen LogP contribution in [-0.4, -0.2) is 84.2 Å². The summed E-state index contributed by atoms with van der Waals surface area (Å²) in [5, 5.41) is 0. The summed E-state index contributed by atoms with van der Waals surface area (Å²) < 4.78 is 5.84. The molecule has 3 heterocycles. The van der Waals surface area contributed by atoms with Crippen molar-refractivity contribution in [1.29, 1.82) is 0 Å². The summed E-state index contributed by atoms with van der Waals surface area (Å²) in [4.78, 5) is 27.3. The highest BCUT2D eigenvalue weighted by Crippen LogP contribution is 2.17. The summed E-state index contributed by atoms with van der Waals surface area (Å²) in [6.45, 7) is 6.60. The van der Waals surface area contributed by atoms with Crippen molar-refractivity contribution < 1.29 is 9.53 Å². The van der Waals surface area contributed by atoms with Crippen molar-refractivity contribution in [3.63, 3.8) is 0 Å². The van der Waals surface area contributed by atoms with E-state index in [1.807, 2.05) is 4.90 Å². The zero-order valence-corrected chi connectivity index (χ0v) is 14.6. The van der Waals surface area contributed by atoms with Crippen molar-refractivity contribution >= 4 is 11.7 Å². The Hall–Kier alpha value is -1.73. The number of likely N-dealkylation sites (tertiary alicyclic amines) is 1. The summed E-state index contributed by atoms with van der Waals surface area (Å²) in [7, 11) is 2.12. The molecule has 0 N–H and O–H groups in total. The highest BCUT2D eigenvalue weighted by atomic mass is 16.5. The van der Waals surface area contributed by atoms with E-state index in [4.69, 9.17) is 4.74 Å². The van der Waals surface area contributed by atoms with Crippen LogP contribution in [0.5, 0.6) is 0 Å². The lowest BCUT2D eigenvalue weighted by atomic mass is 10.1. The fraction of sp³-hybridized carbons (Fsp3) is 0.706. The van der Waals surface area contributed by atoms with E-state index in [9.17, 15) is 4.79 Å². The first-order valence-corrected chi connectivity index (χ1v) is 8.74. The number of ether oxygens (including phenoxy) is 1. The maximum atomic E-state index is 12.4. The number of hydrogen-bond donors (Lipinski definition) is 0. The third kappa shape index (κ3) is 4.21. The number of rotatable bonds is 4. The van der Waals surface area contributed by atoms with E-state index >= 15 is 0 Å². The number of carbonyl (C=O) groups excluding carboxylic acids is 1. The smallest absolute Gasteiger partial charge is 0.248 e. The standard InChI is InChI=1S/C17H27N5O2/c1-14-12-21(9-10-22(14)16-11-18-5-6-19-16)17(23)13-24-15-3-7-20(2)8-4-15/h5-6,11,14-15H,3-4,7-10,12-13H2,1-2H3. The molecule has 7 nitrogen and oxygen atoms in total. The SMILES string of the molecule is CC1CN(C(=O)COC2CCN(C)CC2)CCN1c1cnccn1. The van der Waals surface area contributed by atoms with E-state index in [0.717, 1.165) is 38.3 Å². The molecule has 24 heavy (non-hydrogen) atoms. The van der Waals surface area contributed by atoms with Crippen LogP contribution in [0.25, 0.3) is 0 Å². The molecule has 1 aromatic rings. The van der Waals surface area contributed by atoms with E-state index in [-0.39, 0.29) is 24.7 Å². The second kappa shape index (κ2) is 7.90. The van der Waals surface area contributed by atoms with Crippen LogP contribution in [-0.2, 0) is 9.53 Å². The van der Waals surface area contributed by atoms with Crippen molar-refractivity contribution in [2.75, 3.05) is 51.3 Å². The van der Waals surface area contributed by atoms with Gasteiger partial charge < -0.3 is 19.4 Å². The Balaban J connectivity index is 1.46. The predicted molar refractivity (Wildman–Crippen MR) is 91.9 cm³/mol. The number of aromatic nitrogens is 2. The Labute approximate surface area is 143 Å². The number of nitrogens with zero attached hydrogens (tertiary/aromatic N) is 5. The summed E-state index contributed by atoms with van der Waals surface area (Å²) in [5.41, 5.74) is 0. The van der Waals surface area contributed by atoms with Gasteiger partial charge in [0.2, 0.25) is 5.91 Å². The molecule has 2 aliphatic rings. The summed E-state index contributed by atoms with van der Waals surface area (Å²) in [5.74, 6) is 0.972. The molecule has 2 aliphatic heterocycles. The minimum Gasteiger partial charge on any atom is -0.368 e. The normalized spacial score (nSPS) is 23.5. The monoisotopic (exact) mass is 333 g/mol. The van der Waals surface area contributed by atoms with Crippen molar-refractivity contribution in [3.05, 3.63) is 18.6 Å². The highest BCUT2D eigenvalue weighted by Gasteiger charge is 2.28. The van der Waals surface area contributed by atoms with Crippen molar-refractivity contribution in [1.82, 2.24) is 19.8 Å². The maximum Gasteiger partial charge on any atom is 0.248 e. The number of piperazine rings is 1. The molecule has 0 spiro atoms. The lowest BCUT2D eigenvalue weighted by Gasteiger charge is -2.40. The predicted octanol–water partition coefficient (Wildman–Crippen LogP) is 0.625. The minimum absolute atomic E-state index is 0.0968. The average molecular weight is 333 g/mol. The Morgan fingerprint density at radius 3 is 2.71 bits per heavy atom. The van der Waals surface area contributed by atoms with Gasteiger partial charge in [0.05, 0.1) is 12.3 Å². The van der Waals surface area contributed by atoms with E-state index in [0.29, 0.717) is 13.1 Å². The first-order chi connectivity index (χ1) is 11.6. The molecule has 132 valence electrons. The Morgan fingerprint density at radius 2 is 2.04 bits per heavy atom. The lowest BCUT2D eigenvalue weighted by Crippen LogP contribution is -2.55. The molecule has 3 rings (SSSR count). The minimum atomic E-state index is 0.0968. The Kier molecular flexibility index (Phi) is 5.63. The van der Waals surface area contributed by atoms with Gasteiger partial charge in [0.25, 0.3) is 0 Å². The highest BCUT2D eigenvalue weighted by molar-refractivity contribution is 5.77. The molecule has 0 bridgehead atoms. The van der Waals surface area contributed by atoms with Gasteiger partial charge in [-0.25, -0.2) is 4.98 Å². The number of hydrogen-bond acceptors (Lipinski definition) is 6. The first-order valence-electron chi connectivity index (χ1n) is 8.74. The van der Waals surface area contributed by atoms with E-state index in [1.54, 1.807) is 18.6 Å². The quantitative estimate of drug-likeness (QED) is 0.805. The molecule has 1 amide bonds. The molecule has 1 atom stereocenters. The molecule has 2 fully saturated rings. The summed E-state index contributed by atoms with van der Waals surface area (Å²) in [6, 6.07) is 0.225. The Morgan fingerprint density at radius 1 is 1.25 bits per heavy atom. The number of piperidine rings is 1. The molecule has 2 saturated heterocycles. The van der Waals surface area contributed by atoms with E-state index in [1.165, 1.54) is 0 Å². The maximum absolute atomic E-state index is 12.4. The second-order valence-corrected chi connectivity index (χ2v) is 6.76. The van der Waals surface area contributed by atoms with Crippen LogP contribution >= 0.6 is 0 Å². The first kappa shape index (κ1) is 17.1. The van der Waals surface area contributed by atoms with Gasteiger partial charge >= 0.3 is 0 Å². The van der Waals surface area contributed by atoms with E-state index < -0.39 is 0 Å². The third-order valence-electron chi connectivity index (χ3n) is 4.93. The topological polar surface area (TPSA) is 61.8 Å². The van der Waals surface area contributed by atoms with Crippen LogP contribution in [0.3, 0.4) is 0 Å². The average Bonchev–Trinajstić information content (AvgIpc) is 2.61. The van der Waals surface area contributed by atoms with Crippen molar-refractivity contribution in [2.45, 2.75) is 31.9 Å². The fourth-order valence-corrected chi connectivity index (χ4v) is 3.40. The zero-order chi connectivity index (χ0) is 16.9. The fourth-order valence-electron chi connectivity index (χ4n) is 3.40. The molecular formula is C17H27N5O2. The van der Waals surface area contributed by atoms with Crippen LogP contribution in [0, 0.1) is 0 Å². The van der Waals surface area contributed by atoms with Gasteiger partial charge in [-0.15, -0.1) is 0 Å². The molecule has 0 saturated carbocycles. The van der Waals surface area contributed by atoms with Gasteiger partial charge in [0, 0.05) is 51.2 Å². The molecule has 1 aromatic heterocycles. The molecule has 0 aromatic carbocycles. The molecule has 0 aliphatic carbocycles. The largest absolute Gasteiger partial charge is 0.368 e. The van der Waals surface area contributed by atoms with Gasteiger partial charge in [0.1, 0.15) is 12.4 Å². The van der Waals surface area contributed by atoms with Gasteiger partial charge in [0.15, 0.2) is 0 Å². The summed E-state index contributed by atoms with van der Waals surface area (Å²) >= 11 is 0. The lowest BCUT2D eigenvalue weighted by molar-refractivity contribution is -0.139. The van der Waals surface area contributed by atoms with Gasteiger partial charge in [-0.2, -0.15) is 0 Å². The molecule has 1 unspecified atom stereocenters. The Bertz CT molecular complexity index is 533. The van der Waals surface area contributed by atoms with Crippen LogP contribution < -0.4 is 4.90 Å². The van der Waals surface area contributed by atoms with E-state index in [2.05, 4.69) is 33.7 Å². The second-order valence-electron chi connectivity index (χ2n) is 6.76. The van der Waals surface area contributed by atoms with Crippen molar-refractivity contribution in [3.8, 4) is 0 Å². The zero-order valence-electron chi connectivity index (χ0n) is 14.6. The number of carbonyl (C=O) groups is 1. The van der Waals surface area contributed by atoms with Crippen molar-refractivity contribution in [2.24, 2.45) is 0 Å². The van der Waals surface area contributed by atoms with Crippen LogP contribution in [0.2, 0.25) is 0 Å². The number of amides is 1. The van der Waals surface area contributed by atoms with Gasteiger partial charge in [-0.3, -0.25) is 9.78 Å². The van der Waals surface area contributed by atoms with Gasteiger partial charge in [-0.1, -0.05) is 0 Å². The number of anilines is 1. The molecule has 7 heteroatoms. The van der Waals surface area contributed by atoms with Crippen LogP contribution in [0.15, 0.2) is 18.6 Å². The molecule has 0 radical (unpaired) electrons.